The molecule has 0 aliphatic carbocycles. The molecule has 0 saturated carbocycles. The van der Waals surface area contributed by atoms with Crippen LogP contribution in [-0.4, -0.2) is 16.8 Å². The fraction of sp³-hybridized carbons (Fsp3) is 0.235. The van der Waals surface area contributed by atoms with Crippen molar-refractivity contribution in [3.63, 3.8) is 0 Å². The number of thioether (sulfide) groups is 1. The zero-order valence-corrected chi connectivity index (χ0v) is 13.1. The number of hydrogen-bond donors (Lipinski definition) is 1. The monoisotopic (exact) mass is 320 g/mol. The number of hydrogen-bond acceptors (Lipinski definition) is 2. The predicted molar refractivity (Wildman–Crippen MR) is 88.1 cm³/mol. The molecule has 0 heterocycles. The second-order valence-corrected chi connectivity index (χ2v) is 6.36. The van der Waals surface area contributed by atoms with Gasteiger partial charge in [-0.2, -0.15) is 0 Å². The van der Waals surface area contributed by atoms with Gasteiger partial charge in [-0.25, -0.2) is 0 Å². The van der Waals surface area contributed by atoms with Gasteiger partial charge in [-0.05, 0) is 42.4 Å². The van der Waals surface area contributed by atoms with Gasteiger partial charge in [-0.15, -0.1) is 11.8 Å². The molecular weight excluding hydrogens is 304 g/mol. The smallest absolute Gasteiger partial charge is 0.306 e. The third-order valence-electron chi connectivity index (χ3n) is 3.25. The summed E-state index contributed by atoms with van der Waals surface area (Å²) in [7, 11) is 0. The molecule has 0 aromatic heterocycles. The van der Waals surface area contributed by atoms with Crippen molar-refractivity contribution in [1.29, 1.82) is 0 Å². The van der Waals surface area contributed by atoms with Crippen molar-refractivity contribution in [3.8, 4) is 0 Å². The van der Waals surface area contributed by atoms with Crippen LogP contribution in [0, 0.1) is 5.92 Å². The zero-order chi connectivity index (χ0) is 15.1. The Kier molecular flexibility index (Phi) is 6.15. The molecule has 0 spiro atoms. The van der Waals surface area contributed by atoms with Crippen LogP contribution in [-0.2, 0) is 11.2 Å². The molecule has 0 radical (unpaired) electrons. The third-order valence-corrected chi connectivity index (χ3v) is 4.67. The molecule has 1 unspecified atom stereocenters. The number of carbonyl (C=O) groups is 1. The zero-order valence-electron chi connectivity index (χ0n) is 11.5. The van der Waals surface area contributed by atoms with Gasteiger partial charge in [0.2, 0.25) is 0 Å². The van der Waals surface area contributed by atoms with E-state index in [2.05, 4.69) is 0 Å². The Morgan fingerprint density at radius 2 is 1.76 bits per heavy atom. The molecular formula is C17H17ClO2S. The van der Waals surface area contributed by atoms with Crippen LogP contribution in [0.5, 0.6) is 0 Å². The van der Waals surface area contributed by atoms with Crippen LogP contribution in [0.4, 0.5) is 0 Å². The second kappa shape index (κ2) is 8.11. The van der Waals surface area contributed by atoms with Gasteiger partial charge in [0, 0.05) is 9.92 Å². The summed E-state index contributed by atoms with van der Waals surface area (Å²) in [6.45, 7) is 0. The number of aliphatic carboxylic acids is 1. The maximum atomic E-state index is 11.4. The van der Waals surface area contributed by atoms with E-state index in [-0.39, 0.29) is 0 Å². The molecule has 110 valence electrons. The predicted octanol–water partition coefficient (Wildman–Crippen LogP) is 4.77. The Balaban J connectivity index is 1.91. The van der Waals surface area contributed by atoms with Crippen molar-refractivity contribution in [2.24, 2.45) is 5.92 Å². The molecule has 2 rings (SSSR count). The van der Waals surface area contributed by atoms with Crippen molar-refractivity contribution >= 4 is 29.3 Å². The Morgan fingerprint density at radius 1 is 1.10 bits per heavy atom. The van der Waals surface area contributed by atoms with E-state index in [1.165, 1.54) is 4.90 Å². The van der Waals surface area contributed by atoms with E-state index in [1.54, 1.807) is 17.8 Å². The molecule has 2 aromatic carbocycles. The summed E-state index contributed by atoms with van der Waals surface area (Å²) in [4.78, 5) is 12.6. The second-order valence-electron chi connectivity index (χ2n) is 4.78. The molecule has 1 atom stereocenters. The molecule has 0 fully saturated rings. The largest absolute Gasteiger partial charge is 0.481 e. The summed E-state index contributed by atoms with van der Waals surface area (Å²) < 4.78 is 0. The van der Waals surface area contributed by atoms with E-state index >= 15 is 0 Å². The lowest BCUT2D eigenvalue weighted by Crippen LogP contribution is -2.17. The Bertz CT molecular complexity index is 586. The summed E-state index contributed by atoms with van der Waals surface area (Å²) >= 11 is 7.79. The van der Waals surface area contributed by atoms with Gasteiger partial charge in [0.05, 0.1) is 5.92 Å². The maximum absolute atomic E-state index is 11.4. The van der Waals surface area contributed by atoms with Gasteiger partial charge < -0.3 is 5.11 Å². The first-order chi connectivity index (χ1) is 10.2. The average molecular weight is 321 g/mol. The fourth-order valence-electron chi connectivity index (χ4n) is 2.08. The van der Waals surface area contributed by atoms with E-state index in [4.69, 9.17) is 11.6 Å². The van der Waals surface area contributed by atoms with E-state index in [1.807, 2.05) is 48.5 Å². The van der Waals surface area contributed by atoms with E-state index in [9.17, 15) is 9.90 Å². The van der Waals surface area contributed by atoms with Gasteiger partial charge >= 0.3 is 5.97 Å². The van der Waals surface area contributed by atoms with Crippen LogP contribution in [0.2, 0.25) is 5.02 Å². The lowest BCUT2D eigenvalue weighted by Gasteiger charge is -2.13. The molecule has 0 aliphatic heterocycles. The van der Waals surface area contributed by atoms with Crippen molar-refractivity contribution in [1.82, 2.24) is 0 Å². The minimum atomic E-state index is -0.761. The molecule has 0 aliphatic rings. The molecule has 0 saturated heterocycles. The first-order valence-electron chi connectivity index (χ1n) is 6.81. The molecule has 0 bridgehead atoms. The summed E-state index contributed by atoms with van der Waals surface area (Å²) in [5.74, 6) is -0.379. The van der Waals surface area contributed by atoms with Gasteiger partial charge in [-0.1, -0.05) is 48.0 Å². The minimum Gasteiger partial charge on any atom is -0.481 e. The number of benzene rings is 2. The number of carboxylic acid groups (broad SMARTS) is 1. The summed E-state index contributed by atoms with van der Waals surface area (Å²) in [6.07, 6.45) is 1.10. The summed E-state index contributed by atoms with van der Waals surface area (Å²) in [6, 6.07) is 17.5. The van der Waals surface area contributed by atoms with Crippen LogP contribution in [0.3, 0.4) is 0 Å². The highest BCUT2D eigenvalue weighted by molar-refractivity contribution is 7.99. The van der Waals surface area contributed by atoms with Crippen LogP contribution < -0.4 is 0 Å². The van der Waals surface area contributed by atoms with Crippen molar-refractivity contribution in [3.05, 3.63) is 65.2 Å². The van der Waals surface area contributed by atoms with Crippen molar-refractivity contribution in [2.45, 2.75) is 17.7 Å². The highest BCUT2D eigenvalue weighted by Gasteiger charge is 2.19. The number of carboxylic acids is 1. The quantitative estimate of drug-likeness (QED) is 0.747. The molecule has 4 heteroatoms. The topological polar surface area (TPSA) is 37.3 Å². The van der Waals surface area contributed by atoms with E-state index < -0.39 is 11.9 Å². The molecule has 0 amide bonds. The summed E-state index contributed by atoms with van der Waals surface area (Å²) in [5.41, 5.74) is 0.899. The Hall–Kier alpha value is -1.45. The first kappa shape index (κ1) is 15.9. The molecule has 2 aromatic rings. The number of halogens is 1. The van der Waals surface area contributed by atoms with E-state index in [0.717, 1.165) is 11.3 Å². The highest BCUT2D eigenvalue weighted by Crippen LogP contribution is 2.24. The standard InChI is InChI=1S/C17H17ClO2S/c18-16-9-5-4-6-13(16)12-14(17(19)20)10-11-21-15-7-2-1-3-8-15/h1-9,14H,10-12H2,(H,19,20). The van der Waals surface area contributed by atoms with Crippen LogP contribution >= 0.6 is 23.4 Å². The van der Waals surface area contributed by atoms with Crippen LogP contribution in [0.15, 0.2) is 59.5 Å². The van der Waals surface area contributed by atoms with Crippen LogP contribution in [0.25, 0.3) is 0 Å². The third kappa shape index (κ3) is 5.10. The lowest BCUT2D eigenvalue weighted by atomic mass is 9.97. The van der Waals surface area contributed by atoms with Gasteiger partial charge in [0.15, 0.2) is 0 Å². The molecule has 1 N–H and O–H groups in total. The Morgan fingerprint density at radius 3 is 2.43 bits per heavy atom. The number of rotatable bonds is 7. The van der Waals surface area contributed by atoms with Crippen molar-refractivity contribution < 1.29 is 9.90 Å². The highest BCUT2D eigenvalue weighted by atomic mass is 35.5. The van der Waals surface area contributed by atoms with Gasteiger partial charge in [0.1, 0.15) is 0 Å². The lowest BCUT2D eigenvalue weighted by molar-refractivity contribution is -0.141. The van der Waals surface area contributed by atoms with Gasteiger partial charge in [0.25, 0.3) is 0 Å². The maximum Gasteiger partial charge on any atom is 0.306 e. The first-order valence-corrected chi connectivity index (χ1v) is 8.17. The molecule has 21 heavy (non-hydrogen) atoms. The normalized spacial score (nSPS) is 12.0. The fourth-order valence-corrected chi connectivity index (χ4v) is 3.28. The Labute approximate surface area is 134 Å². The average Bonchev–Trinajstić information content (AvgIpc) is 2.49. The van der Waals surface area contributed by atoms with E-state index in [0.29, 0.717) is 17.9 Å². The van der Waals surface area contributed by atoms with Gasteiger partial charge in [-0.3, -0.25) is 4.79 Å². The summed E-state index contributed by atoms with van der Waals surface area (Å²) in [5, 5.41) is 10.0. The van der Waals surface area contributed by atoms with Crippen molar-refractivity contribution in [2.75, 3.05) is 5.75 Å². The van der Waals surface area contributed by atoms with Crippen LogP contribution in [0.1, 0.15) is 12.0 Å². The minimum absolute atomic E-state index is 0.402. The molecule has 2 nitrogen and oxygen atoms in total. The SMILES string of the molecule is O=C(O)C(CCSc1ccccc1)Cc1ccccc1Cl.